The van der Waals surface area contributed by atoms with Gasteiger partial charge in [-0.25, -0.2) is 4.79 Å². The molecule has 0 spiro atoms. The fraction of sp³-hybridized carbons (Fsp3) is 0.500. The molecule has 1 amide bonds. The summed E-state index contributed by atoms with van der Waals surface area (Å²) in [5.74, 6) is 1.95. The molecule has 0 N–H and O–H groups in total. The van der Waals surface area contributed by atoms with Crippen molar-refractivity contribution in [2.75, 3.05) is 0 Å². The quantitative estimate of drug-likeness (QED) is 0.553. The lowest BCUT2D eigenvalue weighted by Crippen LogP contribution is -2.41. The number of hydrogen-bond acceptors (Lipinski definition) is 2. The molecular formula is C10H16BNO2. The Labute approximate surface area is 85.5 Å². The summed E-state index contributed by atoms with van der Waals surface area (Å²) in [6, 6.07) is 0. The first-order valence-electron chi connectivity index (χ1n) is 4.76. The number of rotatable bonds is 0. The summed E-state index contributed by atoms with van der Waals surface area (Å²) in [5, 5.41) is 0. The van der Waals surface area contributed by atoms with E-state index in [0.29, 0.717) is 0 Å². The fourth-order valence-electron chi connectivity index (χ4n) is 1.14. The second-order valence-electron chi connectivity index (χ2n) is 4.35. The highest BCUT2D eigenvalue weighted by atomic mass is 16.6. The van der Waals surface area contributed by atoms with Gasteiger partial charge in [0.2, 0.25) is 0 Å². The zero-order valence-corrected chi connectivity index (χ0v) is 9.15. The largest absolute Gasteiger partial charge is 0.444 e. The molecule has 1 heterocycles. The van der Waals surface area contributed by atoms with Crippen LogP contribution >= 0.6 is 0 Å². The van der Waals surface area contributed by atoms with Gasteiger partial charge in [-0.2, -0.15) is 0 Å². The molecule has 14 heavy (non-hydrogen) atoms. The van der Waals surface area contributed by atoms with Gasteiger partial charge in [-0.3, -0.25) is 0 Å². The fourth-order valence-corrected chi connectivity index (χ4v) is 1.14. The van der Waals surface area contributed by atoms with Gasteiger partial charge in [0.05, 0.1) is 0 Å². The van der Waals surface area contributed by atoms with Crippen LogP contribution in [0.5, 0.6) is 0 Å². The van der Waals surface area contributed by atoms with Crippen molar-refractivity contribution in [1.82, 2.24) is 4.81 Å². The number of nitrogens with zero attached hydrogens (tertiary/aromatic N) is 1. The molecule has 0 unspecified atom stereocenters. The first-order chi connectivity index (χ1) is 6.40. The first-order valence-corrected chi connectivity index (χ1v) is 4.76. The Hall–Kier alpha value is -1.19. The second kappa shape index (κ2) is 3.90. The SMILES string of the molecule is CB1C=CC=CN1C(=O)OC(C)(C)C. The number of allylic oxidation sites excluding steroid dienone is 2. The van der Waals surface area contributed by atoms with E-state index < -0.39 is 5.60 Å². The highest BCUT2D eigenvalue weighted by molar-refractivity contribution is 6.63. The molecule has 0 radical (unpaired) electrons. The summed E-state index contributed by atoms with van der Waals surface area (Å²) < 4.78 is 5.25. The predicted molar refractivity (Wildman–Crippen MR) is 58.0 cm³/mol. The maximum absolute atomic E-state index is 11.6. The molecule has 0 bridgehead atoms. The molecule has 3 nitrogen and oxygen atoms in total. The van der Waals surface area contributed by atoms with Gasteiger partial charge >= 0.3 is 6.09 Å². The van der Waals surface area contributed by atoms with Crippen LogP contribution in [0.15, 0.2) is 24.3 Å². The van der Waals surface area contributed by atoms with Crippen molar-refractivity contribution in [2.24, 2.45) is 0 Å². The summed E-state index contributed by atoms with van der Waals surface area (Å²) in [7, 11) is 0. The van der Waals surface area contributed by atoms with Crippen LogP contribution in [-0.2, 0) is 4.74 Å². The predicted octanol–water partition coefficient (Wildman–Crippen LogP) is 2.47. The normalized spacial score (nSPS) is 16.0. The van der Waals surface area contributed by atoms with Gasteiger partial charge in [-0.05, 0) is 33.0 Å². The van der Waals surface area contributed by atoms with Crippen LogP contribution in [0, 0.1) is 0 Å². The molecule has 1 rings (SSSR count). The van der Waals surface area contributed by atoms with Crippen molar-refractivity contribution in [1.29, 1.82) is 0 Å². The van der Waals surface area contributed by atoms with Crippen molar-refractivity contribution in [3.05, 3.63) is 24.3 Å². The summed E-state index contributed by atoms with van der Waals surface area (Å²) in [5.41, 5.74) is -0.439. The van der Waals surface area contributed by atoms with Gasteiger partial charge in [0.25, 0.3) is 6.85 Å². The molecule has 0 aromatic heterocycles. The van der Waals surface area contributed by atoms with E-state index in [0.717, 1.165) is 0 Å². The summed E-state index contributed by atoms with van der Waals surface area (Å²) >= 11 is 0. The average Bonchev–Trinajstić information content (AvgIpc) is 2.01. The lowest BCUT2D eigenvalue weighted by atomic mass is 9.62. The molecule has 0 fully saturated rings. The van der Waals surface area contributed by atoms with Gasteiger partial charge in [0, 0.05) is 0 Å². The lowest BCUT2D eigenvalue weighted by molar-refractivity contribution is 0.0436. The summed E-state index contributed by atoms with van der Waals surface area (Å²) in [4.78, 5) is 13.2. The molecule has 0 atom stereocenters. The van der Waals surface area contributed by atoms with E-state index in [2.05, 4.69) is 0 Å². The molecule has 0 aromatic rings. The Kier molecular flexibility index (Phi) is 3.04. The minimum atomic E-state index is -0.439. The smallest absolute Gasteiger partial charge is 0.402 e. The Balaban J connectivity index is 2.62. The van der Waals surface area contributed by atoms with E-state index in [-0.39, 0.29) is 12.9 Å². The van der Waals surface area contributed by atoms with Crippen LogP contribution in [0.1, 0.15) is 20.8 Å². The Morgan fingerprint density at radius 3 is 2.50 bits per heavy atom. The molecule has 1 aliphatic rings. The van der Waals surface area contributed by atoms with Crippen molar-refractivity contribution in [3.8, 4) is 0 Å². The van der Waals surface area contributed by atoms with Crippen LogP contribution in [-0.4, -0.2) is 23.4 Å². The Bertz CT molecular complexity index is 278. The molecular weight excluding hydrogens is 177 g/mol. The van der Waals surface area contributed by atoms with Crippen molar-refractivity contribution in [3.63, 3.8) is 0 Å². The van der Waals surface area contributed by atoms with E-state index in [1.54, 1.807) is 11.0 Å². The topological polar surface area (TPSA) is 29.5 Å². The van der Waals surface area contributed by atoms with Crippen LogP contribution < -0.4 is 0 Å². The molecule has 0 aliphatic carbocycles. The maximum atomic E-state index is 11.6. The second-order valence-corrected chi connectivity index (χ2v) is 4.35. The highest BCUT2D eigenvalue weighted by Gasteiger charge is 2.25. The summed E-state index contributed by atoms with van der Waals surface area (Å²) in [6.07, 6.45) is 5.18. The van der Waals surface area contributed by atoms with E-state index in [1.807, 2.05) is 45.7 Å². The standard InChI is InChI=1S/C10H16BNO2/c1-10(2,3)14-9(13)12-8-6-5-7-11(12)4/h5-8H,1-4H3. The van der Waals surface area contributed by atoms with E-state index in [9.17, 15) is 4.79 Å². The van der Waals surface area contributed by atoms with Crippen LogP contribution in [0.25, 0.3) is 0 Å². The first kappa shape index (κ1) is 10.9. The average molecular weight is 193 g/mol. The third-order valence-corrected chi connectivity index (χ3v) is 1.79. The maximum Gasteiger partial charge on any atom is 0.402 e. The Morgan fingerprint density at radius 1 is 1.36 bits per heavy atom. The van der Waals surface area contributed by atoms with E-state index in [1.165, 1.54) is 0 Å². The van der Waals surface area contributed by atoms with Gasteiger partial charge < -0.3 is 9.55 Å². The van der Waals surface area contributed by atoms with Crippen LogP contribution in [0.4, 0.5) is 4.79 Å². The van der Waals surface area contributed by atoms with Gasteiger partial charge in [0.1, 0.15) is 5.60 Å². The monoisotopic (exact) mass is 193 g/mol. The van der Waals surface area contributed by atoms with E-state index in [4.69, 9.17) is 4.74 Å². The van der Waals surface area contributed by atoms with Crippen molar-refractivity contribution < 1.29 is 9.53 Å². The van der Waals surface area contributed by atoms with Gasteiger partial charge in [-0.15, -0.1) is 0 Å². The molecule has 0 saturated carbocycles. The molecule has 4 heteroatoms. The molecule has 1 aliphatic heterocycles. The minimum Gasteiger partial charge on any atom is -0.444 e. The van der Waals surface area contributed by atoms with Crippen molar-refractivity contribution in [2.45, 2.75) is 33.2 Å². The van der Waals surface area contributed by atoms with Crippen molar-refractivity contribution >= 4 is 12.9 Å². The third kappa shape index (κ3) is 2.94. The minimum absolute atomic E-state index is 0.0647. The van der Waals surface area contributed by atoms with E-state index >= 15 is 0 Å². The molecule has 0 saturated heterocycles. The number of hydrogen-bond donors (Lipinski definition) is 0. The number of amides is 1. The van der Waals surface area contributed by atoms with Gasteiger partial charge in [0.15, 0.2) is 0 Å². The zero-order chi connectivity index (χ0) is 10.8. The Morgan fingerprint density at radius 2 is 2.00 bits per heavy atom. The summed E-state index contributed by atoms with van der Waals surface area (Å²) in [6.45, 7) is 7.59. The van der Waals surface area contributed by atoms with Gasteiger partial charge in [-0.1, -0.05) is 18.9 Å². The lowest BCUT2D eigenvalue weighted by Gasteiger charge is -2.27. The number of carbonyl (C=O) groups is 1. The number of ether oxygens (including phenoxy) is 1. The van der Waals surface area contributed by atoms with Crippen LogP contribution in [0.3, 0.4) is 0 Å². The van der Waals surface area contributed by atoms with Crippen LogP contribution in [0.2, 0.25) is 6.82 Å². The molecule has 76 valence electrons. The zero-order valence-electron chi connectivity index (χ0n) is 9.15. The number of carbonyl (C=O) groups excluding carboxylic acids is 1. The molecule has 0 aromatic carbocycles. The highest BCUT2D eigenvalue weighted by Crippen LogP contribution is 2.13. The third-order valence-electron chi connectivity index (χ3n) is 1.79.